The lowest BCUT2D eigenvalue weighted by atomic mass is 9.99. The van der Waals surface area contributed by atoms with Gasteiger partial charge in [-0.2, -0.15) is 0 Å². The van der Waals surface area contributed by atoms with Gasteiger partial charge in [0.05, 0.1) is 0 Å². The number of carbonyl (C=O) groups is 1. The Morgan fingerprint density at radius 2 is 2.19 bits per heavy atom. The lowest BCUT2D eigenvalue weighted by Gasteiger charge is -2.22. The van der Waals surface area contributed by atoms with Gasteiger partial charge in [-0.05, 0) is 33.1 Å². The highest BCUT2D eigenvalue weighted by molar-refractivity contribution is 7.11. The van der Waals surface area contributed by atoms with Gasteiger partial charge in [0.2, 0.25) is 5.96 Å². The van der Waals surface area contributed by atoms with E-state index in [0.29, 0.717) is 5.96 Å². The van der Waals surface area contributed by atoms with E-state index in [4.69, 9.17) is 4.74 Å². The molecule has 6 nitrogen and oxygen atoms in total. The summed E-state index contributed by atoms with van der Waals surface area (Å²) in [7, 11) is 3.86. The smallest absolute Gasteiger partial charge is 0.437 e. The van der Waals surface area contributed by atoms with Gasteiger partial charge in [0.15, 0.2) is 0 Å². The molecule has 2 N–H and O–H groups in total. The zero-order valence-corrected chi connectivity index (χ0v) is 14.1. The summed E-state index contributed by atoms with van der Waals surface area (Å²) in [6.45, 7) is 7.45. The van der Waals surface area contributed by atoms with Crippen molar-refractivity contribution in [3.05, 3.63) is 16.3 Å². The van der Waals surface area contributed by atoms with Crippen LogP contribution in [0.15, 0.2) is 16.4 Å². The molecule has 0 aliphatic carbocycles. The molecule has 1 aromatic heterocycles. The fourth-order valence-electron chi connectivity index (χ4n) is 2.01. The van der Waals surface area contributed by atoms with Crippen LogP contribution in [0.1, 0.15) is 32.6 Å². The lowest BCUT2D eigenvalue weighted by Crippen LogP contribution is -2.44. The number of aliphatic imine (C=N–C) groups is 1. The number of hydrogen-bond acceptors (Lipinski definition) is 4. The van der Waals surface area contributed by atoms with Gasteiger partial charge in [-0.1, -0.05) is 11.5 Å². The van der Waals surface area contributed by atoms with Gasteiger partial charge in [-0.15, -0.1) is 16.3 Å². The summed E-state index contributed by atoms with van der Waals surface area (Å²) in [6.07, 6.45) is -0.606. The molecular weight excluding hydrogens is 287 g/mol. The maximum atomic E-state index is 11.8. The normalized spacial score (nSPS) is 24.2. The highest BCUT2D eigenvalue weighted by atomic mass is 32.1. The number of rotatable bonds is 1. The number of hydrazine groups is 1. The minimum Gasteiger partial charge on any atom is -0.442 e. The molecule has 1 fully saturated rings. The number of amides is 1. The average Bonchev–Trinajstić information content (AvgIpc) is 2.83. The van der Waals surface area contributed by atoms with Crippen molar-refractivity contribution in [3.63, 3.8) is 0 Å². The number of carbonyl (C=O) groups excluding carboxylic acids is 1. The van der Waals surface area contributed by atoms with Crippen molar-refractivity contribution in [3.8, 4) is 0 Å². The van der Waals surface area contributed by atoms with Crippen LogP contribution in [0.25, 0.3) is 0 Å². The van der Waals surface area contributed by atoms with Crippen molar-refractivity contribution in [1.82, 2.24) is 15.8 Å². The highest BCUT2D eigenvalue weighted by Gasteiger charge is 2.38. The van der Waals surface area contributed by atoms with Crippen molar-refractivity contribution in [2.75, 3.05) is 7.05 Å². The monoisotopic (exact) mass is 308 g/mol. The Balaban J connectivity index is 2.16. The van der Waals surface area contributed by atoms with E-state index in [0.717, 1.165) is 4.88 Å². The Morgan fingerprint density at radius 1 is 1.52 bits per heavy atom. The van der Waals surface area contributed by atoms with Gasteiger partial charge in [-0.3, -0.25) is 5.01 Å². The maximum Gasteiger partial charge on any atom is 0.437 e. The van der Waals surface area contributed by atoms with Crippen molar-refractivity contribution in [1.29, 1.82) is 0 Å². The third-order valence-electron chi connectivity index (χ3n) is 2.88. The molecule has 2 heterocycles. The van der Waals surface area contributed by atoms with Crippen LogP contribution in [0.3, 0.4) is 0 Å². The molecule has 1 aliphatic heterocycles. The summed E-state index contributed by atoms with van der Waals surface area (Å²) in [5.74, 6) is 0.442. The molecule has 0 saturated carbocycles. The Morgan fingerprint density at radius 3 is 2.71 bits per heavy atom. The molecular formula is C13H21BN4O2S. The third kappa shape index (κ3) is 3.76. The van der Waals surface area contributed by atoms with Crippen LogP contribution in [0.5, 0.6) is 0 Å². The van der Waals surface area contributed by atoms with Gasteiger partial charge in [0, 0.05) is 11.9 Å². The molecule has 8 heteroatoms. The van der Waals surface area contributed by atoms with Crippen LogP contribution in [-0.4, -0.2) is 37.6 Å². The Hall–Kier alpha value is -1.54. The van der Waals surface area contributed by atoms with Crippen LogP contribution >= 0.6 is 11.3 Å². The number of thiophene rings is 1. The minimum absolute atomic E-state index is 0.442. The maximum absolute atomic E-state index is 11.8. The largest absolute Gasteiger partial charge is 0.442 e. The summed E-state index contributed by atoms with van der Waals surface area (Å²) < 4.78 is 5.21. The first-order valence-corrected chi connectivity index (χ1v) is 7.64. The zero-order chi connectivity index (χ0) is 15.8. The minimum atomic E-state index is -0.606. The zero-order valence-electron chi connectivity index (χ0n) is 13.3. The first kappa shape index (κ1) is 15.8. The van der Waals surface area contributed by atoms with E-state index >= 15 is 0 Å². The van der Waals surface area contributed by atoms with E-state index in [9.17, 15) is 4.79 Å². The molecule has 0 bridgehead atoms. The number of nitrogens with one attached hydrogen (secondary N) is 2. The molecule has 1 saturated heterocycles. The average molecular weight is 308 g/mol. The van der Waals surface area contributed by atoms with Crippen LogP contribution in [-0.2, 0) is 10.4 Å². The molecule has 1 unspecified atom stereocenters. The first-order chi connectivity index (χ1) is 9.59. The molecule has 1 atom stereocenters. The molecule has 114 valence electrons. The summed E-state index contributed by atoms with van der Waals surface area (Å²) >= 11 is 1.66. The quantitative estimate of drug-likeness (QED) is 0.740. The van der Waals surface area contributed by atoms with E-state index in [2.05, 4.69) is 35.0 Å². The summed E-state index contributed by atoms with van der Waals surface area (Å²) in [5.41, 5.74) is 3.45. The molecule has 0 radical (unpaired) electrons. The predicted molar refractivity (Wildman–Crippen MR) is 87.6 cm³/mol. The molecule has 2 rings (SSSR count). The fourth-order valence-corrected chi connectivity index (χ4v) is 2.98. The number of guanidine groups is 1. The number of hydrogen-bond donors (Lipinski definition) is 2. The van der Waals surface area contributed by atoms with Crippen molar-refractivity contribution >= 4 is 36.7 Å². The topological polar surface area (TPSA) is 66.0 Å². The second kappa shape index (κ2) is 5.34. The van der Waals surface area contributed by atoms with Gasteiger partial charge >= 0.3 is 6.09 Å². The number of ether oxygens (including phenoxy) is 1. The van der Waals surface area contributed by atoms with Gasteiger partial charge in [0.1, 0.15) is 19.1 Å². The molecule has 1 aliphatic rings. The Labute approximate surface area is 130 Å². The van der Waals surface area contributed by atoms with E-state index in [1.807, 2.05) is 34.7 Å². The summed E-state index contributed by atoms with van der Waals surface area (Å²) in [5, 5.41) is 7.02. The van der Waals surface area contributed by atoms with Crippen LogP contribution in [0.2, 0.25) is 0 Å². The molecule has 0 spiro atoms. The van der Waals surface area contributed by atoms with E-state index in [1.54, 1.807) is 16.3 Å². The first-order valence-electron chi connectivity index (χ1n) is 6.76. The van der Waals surface area contributed by atoms with Gasteiger partial charge in [-0.25, -0.2) is 10.2 Å². The van der Waals surface area contributed by atoms with E-state index < -0.39 is 17.4 Å². The van der Waals surface area contributed by atoms with Crippen LogP contribution in [0, 0.1) is 0 Å². The van der Waals surface area contributed by atoms with E-state index in [-0.39, 0.29) is 0 Å². The molecule has 0 aromatic carbocycles. The summed E-state index contributed by atoms with van der Waals surface area (Å²) in [4.78, 5) is 16.9. The highest BCUT2D eigenvalue weighted by Crippen LogP contribution is 2.25. The van der Waals surface area contributed by atoms with Gasteiger partial charge < -0.3 is 10.1 Å². The molecule has 21 heavy (non-hydrogen) atoms. The van der Waals surface area contributed by atoms with Crippen LogP contribution < -0.4 is 16.2 Å². The van der Waals surface area contributed by atoms with Gasteiger partial charge in [0.25, 0.3) is 0 Å². The molecule has 1 aromatic rings. The number of nitrogens with zero attached hydrogens (tertiary/aromatic N) is 2. The fraction of sp³-hybridized carbons (Fsp3) is 0.538. The van der Waals surface area contributed by atoms with E-state index in [1.165, 1.54) is 5.46 Å². The SMILES string of the molecule is Bc1csc(C2(C)N/C(=N\C(=O)OC(C)(C)C)N(C)N2)c1. The summed E-state index contributed by atoms with van der Waals surface area (Å²) in [6, 6.07) is 2.11. The second-order valence-corrected chi connectivity index (χ2v) is 7.24. The lowest BCUT2D eigenvalue weighted by molar-refractivity contribution is 0.0601. The third-order valence-corrected chi connectivity index (χ3v) is 4.15. The Bertz CT molecular complexity index is 581. The predicted octanol–water partition coefficient (Wildman–Crippen LogP) is 0.510. The standard InChI is InChI=1S/C13H21BN4O2S/c1-12(2,3)20-11(19)15-10-16-13(4,17-18(10)5)9-6-8(14)7-21-9/h6-7,17H,14H2,1-5H3,(H,15,16,19). The Kier molecular flexibility index (Phi) is 4.03. The van der Waals surface area contributed by atoms with Crippen LogP contribution in [0.4, 0.5) is 4.79 Å². The second-order valence-electron chi connectivity index (χ2n) is 6.32. The van der Waals surface area contributed by atoms with Crippen molar-refractivity contribution in [2.24, 2.45) is 4.99 Å². The molecule has 1 amide bonds. The van der Waals surface area contributed by atoms with Crippen molar-refractivity contribution < 1.29 is 9.53 Å². The van der Waals surface area contributed by atoms with Crippen molar-refractivity contribution in [2.45, 2.75) is 39.0 Å².